The van der Waals surface area contributed by atoms with Gasteiger partial charge < -0.3 is 24.9 Å². The maximum atomic E-state index is 12.7. The van der Waals surface area contributed by atoms with Gasteiger partial charge in [-0.15, -0.1) is 0 Å². The van der Waals surface area contributed by atoms with Gasteiger partial charge in [0.25, 0.3) is 5.91 Å². The molecule has 35 heavy (non-hydrogen) atoms. The van der Waals surface area contributed by atoms with Crippen LogP contribution in [0.5, 0.6) is 0 Å². The van der Waals surface area contributed by atoms with Crippen LogP contribution in [-0.2, 0) is 22.5 Å². The van der Waals surface area contributed by atoms with Gasteiger partial charge in [0.05, 0.1) is 11.8 Å². The third-order valence-electron chi connectivity index (χ3n) is 6.72. The van der Waals surface area contributed by atoms with Crippen molar-refractivity contribution in [1.82, 2.24) is 19.6 Å². The van der Waals surface area contributed by atoms with Gasteiger partial charge in [-0.05, 0) is 42.5 Å². The van der Waals surface area contributed by atoms with Crippen LogP contribution in [0.3, 0.4) is 0 Å². The third-order valence-corrected chi connectivity index (χ3v) is 6.72. The second kappa shape index (κ2) is 10.6. The van der Waals surface area contributed by atoms with Crippen LogP contribution in [-0.4, -0.2) is 70.2 Å². The topological polar surface area (TPSA) is 108 Å². The monoisotopic (exact) mass is 477 g/mol. The highest BCUT2D eigenvalue weighted by Gasteiger charge is 2.22. The van der Waals surface area contributed by atoms with Crippen LogP contribution in [0, 0.1) is 5.92 Å². The van der Waals surface area contributed by atoms with Crippen molar-refractivity contribution in [3.63, 3.8) is 0 Å². The number of pyridine rings is 1. The van der Waals surface area contributed by atoms with Crippen LogP contribution in [0.25, 0.3) is 5.65 Å². The molecule has 5 rings (SSSR count). The molecule has 2 amide bonds. The summed E-state index contributed by atoms with van der Waals surface area (Å²) in [5.74, 6) is -0.406. The smallest absolute Gasteiger partial charge is 0.271 e. The number of ether oxygens (including phenoxy) is 1. The van der Waals surface area contributed by atoms with E-state index in [0.717, 1.165) is 32.4 Å². The van der Waals surface area contributed by atoms with Crippen LogP contribution in [0.15, 0.2) is 48.8 Å². The van der Waals surface area contributed by atoms with E-state index >= 15 is 0 Å². The first-order chi connectivity index (χ1) is 17.0. The molecule has 0 aliphatic carbocycles. The highest BCUT2D eigenvalue weighted by molar-refractivity contribution is 5.94. The molecule has 1 aromatic carbocycles. The quantitative estimate of drug-likeness (QED) is 0.479. The first kappa shape index (κ1) is 23.5. The number of carbonyl (C=O) groups is 2. The predicted molar refractivity (Wildman–Crippen MR) is 131 cm³/mol. The summed E-state index contributed by atoms with van der Waals surface area (Å²) >= 11 is 0. The van der Waals surface area contributed by atoms with Gasteiger partial charge in [-0.1, -0.05) is 24.3 Å². The van der Waals surface area contributed by atoms with Gasteiger partial charge in [0.1, 0.15) is 11.3 Å². The summed E-state index contributed by atoms with van der Waals surface area (Å²) in [5, 5.41) is 16.2. The highest BCUT2D eigenvalue weighted by atomic mass is 16.5. The fraction of sp³-hybridized carbons (Fsp3) is 0.423. The largest absolute Gasteiger partial charge is 0.390 e. The highest BCUT2D eigenvalue weighted by Crippen LogP contribution is 2.19. The SMILES string of the molecule is O=C(NC[C@@H](O)CN1CCc2ccccc2C1)c1cn2cc(NC(=O)C3CCOCC3)ccc2n1. The maximum Gasteiger partial charge on any atom is 0.271 e. The molecule has 2 aliphatic heterocycles. The molecule has 2 aliphatic rings. The molecule has 3 N–H and O–H groups in total. The zero-order chi connectivity index (χ0) is 24.2. The van der Waals surface area contributed by atoms with Gasteiger partial charge in [0, 0.05) is 57.7 Å². The van der Waals surface area contributed by atoms with Gasteiger partial charge in [-0.3, -0.25) is 14.5 Å². The van der Waals surface area contributed by atoms with E-state index in [1.807, 2.05) is 6.07 Å². The fourth-order valence-corrected chi connectivity index (χ4v) is 4.75. The Kier molecular flexibility index (Phi) is 7.08. The lowest BCUT2D eigenvalue weighted by Gasteiger charge is -2.30. The molecule has 2 aromatic heterocycles. The molecular formula is C26H31N5O4. The van der Waals surface area contributed by atoms with Crippen molar-refractivity contribution in [1.29, 1.82) is 0 Å². The Morgan fingerprint density at radius 3 is 2.74 bits per heavy atom. The number of hydrogen-bond donors (Lipinski definition) is 3. The predicted octanol–water partition coefficient (Wildman–Crippen LogP) is 1.85. The summed E-state index contributed by atoms with van der Waals surface area (Å²) in [7, 11) is 0. The van der Waals surface area contributed by atoms with Crippen LogP contribution < -0.4 is 10.6 Å². The molecule has 0 radical (unpaired) electrons. The van der Waals surface area contributed by atoms with E-state index in [1.54, 1.807) is 28.9 Å². The summed E-state index contributed by atoms with van der Waals surface area (Å²) in [6, 6.07) is 11.9. The number of benzene rings is 1. The molecule has 9 nitrogen and oxygen atoms in total. The number of β-amino-alcohol motifs (C(OH)–C–C–N with tert-alkyl or cyclic N) is 1. The van der Waals surface area contributed by atoms with Crippen LogP contribution in [0.2, 0.25) is 0 Å². The average Bonchev–Trinajstić information content (AvgIpc) is 3.31. The number of rotatable bonds is 7. The van der Waals surface area contributed by atoms with Crippen molar-refractivity contribution in [3.8, 4) is 0 Å². The number of aliphatic hydroxyl groups is 1. The van der Waals surface area contributed by atoms with Gasteiger partial charge in [0.15, 0.2) is 0 Å². The van der Waals surface area contributed by atoms with Crippen molar-refractivity contribution in [2.45, 2.75) is 31.9 Å². The number of nitrogens with zero attached hydrogens (tertiary/aromatic N) is 3. The van der Waals surface area contributed by atoms with Crippen molar-refractivity contribution < 1.29 is 19.4 Å². The molecule has 0 saturated carbocycles. The number of aliphatic hydroxyl groups excluding tert-OH is 1. The molecule has 0 unspecified atom stereocenters. The number of anilines is 1. The number of carbonyl (C=O) groups excluding carboxylic acids is 2. The Balaban J connectivity index is 1.13. The number of fused-ring (bicyclic) bond motifs is 2. The molecule has 1 atom stereocenters. The standard InChI is InChI=1S/C26H31N5O4/c32-22(16-30-10-7-18-3-1-2-4-20(18)14-30)13-27-26(34)23-17-31-15-21(5-6-24(31)29-23)28-25(33)19-8-11-35-12-9-19/h1-6,15,17,19,22,32H,7-14,16H2,(H,27,34)(H,28,33)/t22-/m1/s1. The van der Waals surface area contributed by atoms with E-state index in [2.05, 4.69) is 38.7 Å². The molecule has 9 heteroatoms. The van der Waals surface area contributed by atoms with Crippen LogP contribution in [0.1, 0.15) is 34.5 Å². The number of amides is 2. The number of imidazole rings is 1. The van der Waals surface area contributed by atoms with Crippen molar-refractivity contribution in [2.75, 3.05) is 38.2 Å². The number of hydrogen-bond acceptors (Lipinski definition) is 6. The molecule has 0 bridgehead atoms. The minimum Gasteiger partial charge on any atom is -0.390 e. The Morgan fingerprint density at radius 2 is 1.91 bits per heavy atom. The van der Waals surface area contributed by atoms with Crippen LogP contribution >= 0.6 is 0 Å². The summed E-state index contributed by atoms with van der Waals surface area (Å²) < 4.78 is 7.04. The van der Waals surface area contributed by atoms with Gasteiger partial charge in [0.2, 0.25) is 5.91 Å². The number of aromatic nitrogens is 2. The Labute approximate surface area is 204 Å². The summed E-state index contributed by atoms with van der Waals surface area (Å²) in [6.07, 6.45) is 5.12. The first-order valence-electron chi connectivity index (χ1n) is 12.2. The average molecular weight is 478 g/mol. The van der Waals surface area contributed by atoms with Crippen molar-refractivity contribution in [3.05, 3.63) is 65.6 Å². The lowest BCUT2D eigenvalue weighted by molar-refractivity contribution is -0.122. The van der Waals surface area contributed by atoms with Crippen molar-refractivity contribution in [2.24, 2.45) is 5.92 Å². The first-order valence-corrected chi connectivity index (χ1v) is 12.2. The summed E-state index contributed by atoms with van der Waals surface area (Å²) in [4.78, 5) is 31.7. The van der Waals surface area contributed by atoms with Crippen molar-refractivity contribution >= 4 is 23.1 Å². The Bertz CT molecular complexity index is 1200. The fourth-order valence-electron chi connectivity index (χ4n) is 4.75. The van der Waals surface area contributed by atoms with Gasteiger partial charge >= 0.3 is 0 Å². The lowest BCUT2D eigenvalue weighted by atomic mass is 9.99. The second-order valence-corrected chi connectivity index (χ2v) is 9.30. The molecule has 3 aromatic rings. The normalized spacial score (nSPS) is 17.6. The molecule has 1 fully saturated rings. The molecule has 1 saturated heterocycles. The summed E-state index contributed by atoms with van der Waals surface area (Å²) in [6.45, 7) is 3.56. The molecule has 0 spiro atoms. The number of nitrogens with one attached hydrogen (secondary N) is 2. The zero-order valence-corrected chi connectivity index (χ0v) is 19.7. The molecular weight excluding hydrogens is 446 g/mol. The van der Waals surface area contributed by atoms with E-state index < -0.39 is 6.10 Å². The maximum absolute atomic E-state index is 12.7. The van der Waals surface area contributed by atoms with E-state index in [4.69, 9.17) is 4.74 Å². The molecule has 184 valence electrons. The molecule has 4 heterocycles. The minimum atomic E-state index is -0.673. The minimum absolute atomic E-state index is 0.0167. The Hall–Kier alpha value is -3.27. The van der Waals surface area contributed by atoms with Crippen LogP contribution in [0.4, 0.5) is 5.69 Å². The zero-order valence-electron chi connectivity index (χ0n) is 19.7. The van der Waals surface area contributed by atoms with E-state index in [9.17, 15) is 14.7 Å². The van der Waals surface area contributed by atoms with E-state index in [0.29, 0.717) is 31.1 Å². The van der Waals surface area contributed by atoms with Gasteiger partial charge in [-0.25, -0.2) is 4.98 Å². The lowest BCUT2D eigenvalue weighted by Crippen LogP contribution is -2.42. The second-order valence-electron chi connectivity index (χ2n) is 9.30. The summed E-state index contributed by atoms with van der Waals surface area (Å²) in [5.41, 5.74) is 4.17. The third kappa shape index (κ3) is 5.70. The van der Waals surface area contributed by atoms with E-state index in [1.165, 1.54) is 11.1 Å². The van der Waals surface area contributed by atoms with E-state index in [-0.39, 0.29) is 30.0 Å². The Morgan fingerprint density at radius 1 is 1.11 bits per heavy atom. The van der Waals surface area contributed by atoms with Gasteiger partial charge in [-0.2, -0.15) is 0 Å².